The molecule has 2 rings (SSSR count). The molecule has 0 aliphatic carbocycles. The largest absolute Gasteiger partial charge is 0.497 e. The van der Waals surface area contributed by atoms with Crippen molar-refractivity contribution in [2.45, 2.75) is 25.4 Å². The highest BCUT2D eigenvalue weighted by Crippen LogP contribution is 2.13. The predicted molar refractivity (Wildman–Crippen MR) is 68.5 cm³/mol. The summed E-state index contributed by atoms with van der Waals surface area (Å²) < 4.78 is 11.1. The molecule has 0 bridgehead atoms. The summed E-state index contributed by atoms with van der Waals surface area (Å²) in [6, 6.07) is 8.18. The number of hydrogen-bond acceptors (Lipinski definition) is 3. The maximum atomic E-state index is 5.86. The molecular weight excluding hydrogens is 214 g/mol. The Balaban J connectivity index is 1.73. The van der Waals surface area contributed by atoms with Crippen LogP contribution in [0.4, 0.5) is 0 Å². The van der Waals surface area contributed by atoms with Gasteiger partial charge in [-0.2, -0.15) is 0 Å². The number of piperidine rings is 1. The molecule has 1 aliphatic heterocycles. The van der Waals surface area contributed by atoms with Gasteiger partial charge in [-0.05, 0) is 43.5 Å². The molecule has 1 saturated heterocycles. The molecule has 0 amide bonds. The second kappa shape index (κ2) is 6.62. The van der Waals surface area contributed by atoms with Gasteiger partial charge in [-0.3, -0.25) is 0 Å². The highest BCUT2D eigenvalue weighted by molar-refractivity contribution is 5.28. The van der Waals surface area contributed by atoms with E-state index in [-0.39, 0.29) is 0 Å². The van der Waals surface area contributed by atoms with Crippen LogP contribution in [0, 0.1) is 0 Å². The van der Waals surface area contributed by atoms with E-state index in [2.05, 4.69) is 17.4 Å². The Bertz CT molecular complexity index is 335. The van der Waals surface area contributed by atoms with Gasteiger partial charge in [0.05, 0.1) is 19.8 Å². The molecule has 1 unspecified atom stereocenters. The van der Waals surface area contributed by atoms with Crippen molar-refractivity contribution in [3.05, 3.63) is 29.8 Å². The Kier molecular flexibility index (Phi) is 4.83. The van der Waals surface area contributed by atoms with Gasteiger partial charge in [0.1, 0.15) is 5.75 Å². The third kappa shape index (κ3) is 4.02. The molecule has 0 saturated carbocycles. The maximum Gasteiger partial charge on any atom is 0.119 e. The predicted octanol–water partition coefficient (Wildman–Crippen LogP) is 2.01. The van der Waals surface area contributed by atoms with Crippen molar-refractivity contribution >= 4 is 0 Å². The number of rotatable bonds is 5. The molecule has 0 aromatic heterocycles. The van der Waals surface area contributed by atoms with Crippen LogP contribution in [0.3, 0.4) is 0 Å². The Morgan fingerprint density at radius 3 is 3.12 bits per heavy atom. The first-order valence-corrected chi connectivity index (χ1v) is 6.34. The van der Waals surface area contributed by atoms with Gasteiger partial charge in [0.25, 0.3) is 0 Å². The second-order valence-electron chi connectivity index (χ2n) is 4.44. The minimum Gasteiger partial charge on any atom is -0.497 e. The third-order valence-corrected chi connectivity index (χ3v) is 3.13. The molecule has 1 fully saturated rings. The van der Waals surface area contributed by atoms with E-state index in [0.29, 0.717) is 6.10 Å². The van der Waals surface area contributed by atoms with Crippen LogP contribution in [0.15, 0.2) is 24.3 Å². The molecule has 17 heavy (non-hydrogen) atoms. The fourth-order valence-corrected chi connectivity index (χ4v) is 2.13. The van der Waals surface area contributed by atoms with Gasteiger partial charge in [-0.25, -0.2) is 0 Å². The molecule has 0 radical (unpaired) electrons. The van der Waals surface area contributed by atoms with E-state index >= 15 is 0 Å². The third-order valence-electron chi connectivity index (χ3n) is 3.13. The van der Waals surface area contributed by atoms with Crippen LogP contribution in [0.25, 0.3) is 0 Å². The highest BCUT2D eigenvalue weighted by Gasteiger charge is 2.12. The van der Waals surface area contributed by atoms with Crippen LogP contribution in [0.1, 0.15) is 18.4 Å². The van der Waals surface area contributed by atoms with Crippen molar-refractivity contribution in [3.63, 3.8) is 0 Å². The average molecular weight is 235 g/mol. The zero-order valence-corrected chi connectivity index (χ0v) is 10.4. The SMILES string of the molecule is COc1cccc(CCOC2CCCNC2)c1. The summed E-state index contributed by atoms with van der Waals surface area (Å²) in [6.07, 6.45) is 3.76. The first-order valence-electron chi connectivity index (χ1n) is 6.34. The Morgan fingerprint density at radius 2 is 2.35 bits per heavy atom. The zero-order chi connectivity index (χ0) is 11.9. The molecule has 1 aliphatic rings. The Hall–Kier alpha value is -1.06. The van der Waals surface area contributed by atoms with Crippen LogP contribution in [-0.4, -0.2) is 32.9 Å². The van der Waals surface area contributed by atoms with E-state index in [1.165, 1.54) is 18.4 Å². The molecule has 1 atom stereocenters. The Morgan fingerprint density at radius 1 is 1.41 bits per heavy atom. The second-order valence-corrected chi connectivity index (χ2v) is 4.44. The summed E-state index contributed by atoms with van der Waals surface area (Å²) in [5, 5.41) is 3.36. The van der Waals surface area contributed by atoms with Gasteiger partial charge >= 0.3 is 0 Å². The van der Waals surface area contributed by atoms with Crippen LogP contribution in [0.5, 0.6) is 5.75 Å². The molecular formula is C14H21NO2. The van der Waals surface area contributed by atoms with E-state index in [0.717, 1.165) is 31.9 Å². The van der Waals surface area contributed by atoms with E-state index in [1.807, 2.05) is 12.1 Å². The first kappa shape index (κ1) is 12.4. The van der Waals surface area contributed by atoms with Gasteiger partial charge in [0, 0.05) is 6.54 Å². The molecule has 1 heterocycles. The number of nitrogens with one attached hydrogen (secondary N) is 1. The van der Waals surface area contributed by atoms with Crippen LogP contribution in [-0.2, 0) is 11.2 Å². The van der Waals surface area contributed by atoms with Gasteiger partial charge in [-0.1, -0.05) is 12.1 Å². The van der Waals surface area contributed by atoms with Crippen molar-refractivity contribution < 1.29 is 9.47 Å². The lowest BCUT2D eigenvalue weighted by molar-refractivity contribution is 0.0390. The van der Waals surface area contributed by atoms with Crippen LogP contribution >= 0.6 is 0 Å². The maximum absolute atomic E-state index is 5.86. The van der Waals surface area contributed by atoms with Gasteiger partial charge < -0.3 is 14.8 Å². The van der Waals surface area contributed by atoms with Crippen molar-refractivity contribution in [1.82, 2.24) is 5.32 Å². The lowest BCUT2D eigenvalue weighted by Crippen LogP contribution is -2.35. The smallest absolute Gasteiger partial charge is 0.119 e. The first-order chi connectivity index (χ1) is 8.38. The van der Waals surface area contributed by atoms with Crippen molar-refractivity contribution in [3.8, 4) is 5.75 Å². The van der Waals surface area contributed by atoms with Crippen molar-refractivity contribution in [2.24, 2.45) is 0 Å². The van der Waals surface area contributed by atoms with Crippen molar-refractivity contribution in [1.29, 1.82) is 0 Å². The quantitative estimate of drug-likeness (QED) is 0.847. The minimum atomic E-state index is 0.398. The molecule has 3 heteroatoms. The lowest BCUT2D eigenvalue weighted by atomic mass is 10.1. The Labute approximate surface area is 103 Å². The average Bonchev–Trinajstić information content (AvgIpc) is 2.40. The van der Waals surface area contributed by atoms with Crippen LogP contribution < -0.4 is 10.1 Å². The van der Waals surface area contributed by atoms with Gasteiger partial charge in [0.15, 0.2) is 0 Å². The van der Waals surface area contributed by atoms with Gasteiger partial charge in [-0.15, -0.1) is 0 Å². The summed E-state index contributed by atoms with van der Waals surface area (Å²) in [6.45, 7) is 2.92. The zero-order valence-electron chi connectivity index (χ0n) is 10.4. The molecule has 1 aromatic carbocycles. The van der Waals surface area contributed by atoms with E-state index < -0.39 is 0 Å². The van der Waals surface area contributed by atoms with E-state index in [9.17, 15) is 0 Å². The standard InChI is InChI=1S/C14H21NO2/c1-16-13-5-2-4-12(10-13)7-9-17-14-6-3-8-15-11-14/h2,4-5,10,14-15H,3,6-9,11H2,1H3. The fraction of sp³-hybridized carbons (Fsp3) is 0.571. The van der Waals surface area contributed by atoms with Crippen molar-refractivity contribution in [2.75, 3.05) is 26.8 Å². The molecule has 0 spiro atoms. The molecule has 1 N–H and O–H groups in total. The summed E-state index contributed by atoms with van der Waals surface area (Å²) >= 11 is 0. The monoisotopic (exact) mass is 235 g/mol. The number of ether oxygens (including phenoxy) is 2. The number of benzene rings is 1. The number of methoxy groups -OCH3 is 1. The summed E-state index contributed by atoms with van der Waals surface area (Å²) in [4.78, 5) is 0. The topological polar surface area (TPSA) is 30.5 Å². The summed E-state index contributed by atoms with van der Waals surface area (Å²) in [5.41, 5.74) is 1.27. The molecule has 3 nitrogen and oxygen atoms in total. The number of hydrogen-bond donors (Lipinski definition) is 1. The fourth-order valence-electron chi connectivity index (χ4n) is 2.13. The molecule has 94 valence electrons. The van der Waals surface area contributed by atoms with E-state index in [4.69, 9.17) is 9.47 Å². The lowest BCUT2D eigenvalue weighted by Gasteiger charge is -2.23. The summed E-state index contributed by atoms with van der Waals surface area (Å²) in [7, 11) is 1.70. The van der Waals surface area contributed by atoms with Crippen LogP contribution in [0.2, 0.25) is 0 Å². The highest BCUT2D eigenvalue weighted by atomic mass is 16.5. The summed E-state index contributed by atoms with van der Waals surface area (Å²) in [5.74, 6) is 0.918. The minimum absolute atomic E-state index is 0.398. The van der Waals surface area contributed by atoms with E-state index in [1.54, 1.807) is 7.11 Å². The normalized spacial score (nSPS) is 20.2. The van der Waals surface area contributed by atoms with Gasteiger partial charge in [0.2, 0.25) is 0 Å². The molecule has 1 aromatic rings.